The fourth-order valence-electron chi connectivity index (χ4n) is 1.59. The molecule has 0 spiro atoms. The Hall–Kier alpha value is -0.540. The topological polar surface area (TPSA) is 29.3 Å². The van der Waals surface area contributed by atoms with E-state index in [4.69, 9.17) is 5.73 Å². The van der Waals surface area contributed by atoms with Crippen LogP contribution in [0.3, 0.4) is 0 Å². The van der Waals surface area contributed by atoms with Gasteiger partial charge >= 0.3 is 0 Å². The smallest absolute Gasteiger partial charge is 0.0461 e. The van der Waals surface area contributed by atoms with E-state index in [9.17, 15) is 0 Å². The summed E-state index contributed by atoms with van der Waals surface area (Å²) < 4.78 is 0.971. The van der Waals surface area contributed by atoms with E-state index in [0.717, 1.165) is 23.2 Å². The molecule has 0 aliphatic rings. The molecule has 0 aliphatic carbocycles. The van der Waals surface area contributed by atoms with Crippen molar-refractivity contribution in [2.45, 2.75) is 33.4 Å². The van der Waals surface area contributed by atoms with Crippen molar-refractivity contribution in [3.05, 3.63) is 28.2 Å². The Morgan fingerprint density at radius 1 is 1.40 bits per heavy atom. The highest BCUT2D eigenvalue weighted by molar-refractivity contribution is 9.10. The van der Waals surface area contributed by atoms with Crippen LogP contribution in [0.25, 0.3) is 0 Å². The first-order chi connectivity index (χ1) is 7.04. The molecule has 0 bridgehead atoms. The minimum atomic E-state index is 0.569. The average Bonchev–Trinajstić information content (AvgIpc) is 2.19. The van der Waals surface area contributed by atoms with E-state index in [-0.39, 0.29) is 0 Å². The van der Waals surface area contributed by atoms with Gasteiger partial charge in [0.1, 0.15) is 0 Å². The van der Waals surface area contributed by atoms with Gasteiger partial charge in [0.25, 0.3) is 0 Å². The summed E-state index contributed by atoms with van der Waals surface area (Å²) in [6.07, 6.45) is 0. The zero-order valence-electron chi connectivity index (χ0n) is 9.63. The molecule has 84 valence electrons. The highest BCUT2D eigenvalue weighted by Gasteiger charge is 2.08. The third-order valence-electron chi connectivity index (χ3n) is 2.58. The number of hydrogen-bond donors (Lipinski definition) is 1. The van der Waals surface area contributed by atoms with Gasteiger partial charge in [-0.25, -0.2) is 0 Å². The molecule has 0 saturated carbocycles. The summed E-state index contributed by atoms with van der Waals surface area (Å²) in [6.45, 7) is 8.64. The Kier molecular flexibility index (Phi) is 4.61. The second-order valence-electron chi connectivity index (χ2n) is 4.01. The van der Waals surface area contributed by atoms with Gasteiger partial charge < -0.3 is 5.73 Å². The van der Waals surface area contributed by atoms with Crippen molar-refractivity contribution in [3.63, 3.8) is 0 Å². The quantitative estimate of drug-likeness (QED) is 0.852. The summed E-state index contributed by atoms with van der Waals surface area (Å²) in [6, 6.07) is 6.74. The van der Waals surface area contributed by atoms with Crippen LogP contribution >= 0.6 is 15.9 Å². The monoisotopic (exact) mass is 270 g/mol. The molecule has 3 heteroatoms. The minimum Gasteiger partial charge on any atom is -0.398 e. The van der Waals surface area contributed by atoms with E-state index in [1.165, 1.54) is 5.56 Å². The summed E-state index contributed by atoms with van der Waals surface area (Å²) in [7, 11) is 0. The molecule has 0 amide bonds. The van der Waals surface area contributed by atoms with Crippen LogP contribution in [0, 0.1) is 0 Å². The standard InChI is InChI=1S/C12H19BrN2/c1-4-15(9(2)3)8-10-5-6-11(13)12(14)7-10/h5-7,9H,4,8,14H2,1-3H3. The summed E-state index contributed by atoms with van der Waals surface area (Å²) >= 11 is 3.40. The highest BCUT2D eigenvalue weighted by atomic mass is 79.9. The molecular formula is C12H19BrN2. The van der Waals surface area contributed by atoms with Gasteiger partial charge in [0.2, 0.25) is 0 Å². The lowest BCUT2D eigenvalue weighted by molar-refractivity contribution is 0.225. The Morgan fingerprint density at radius 2 is 2.07 bits per heavy atom. The van der Waals surface area contributed by atoms with Crippen LogP contribution in [0.15, 0.2) is 22.7 Å². The van der Waals surface area contributed by atoms with Gasteiger partial charge in [0.05, 0.1) is 0 Å². The molecule has 0 aromatic heterocycles. The van der Waals surface area contributed by atoms with Crippen molar-refractivity contribution < 1.29 is 0 Å². The number of nitrogens with two attached hydrogens (primary N) is 1. The lowest BCUT2D eigenvalue weighted by atomic mass is 10.1. The fourth-order valence-corrected chi connectivity index (χ4v) is 1.83. The summed E-state index contributed by atoms with van der Waals surface area (Å²) in [5.74, 6) is 0. The first kappa shape index (κ1) is 12.5. The minimum absolute atomic E-state index is 0.569. The molecule has 1 aromatic carbocycles. The van der Waals surface area contributed by atoms with Crippen LogP contribution in [0.2, 0.25) is 0 Å². The first-order valence-electron chi connectivity index (χ1n) is 5.32. The molecule has 0 aliphatic heterocycles. The Labute approximate surface area is 101 Å². The summed E-state index contributed by atoms with van der Waals surface area (Å²) in [5.41, 5.74) is 7.93. The van der Waals surface area contributed by atoms with Crippen LogP contribution in [0.1, 0.15) is 26.3 Å². The fraction of sp³-hybridized carbons (Fsp3) is 0.500. The maximum Gasteiger partial charge on any atom is 0.0461 e. The van der Waals surface area contributed by atoms with Crippen LogP contribution in [-0.2, 0) is 6.54 Å². The second-order valence-corrected chi connectivity index (χ2v) is 4.87. The van der Waals surface area contributed by atoms with Crippen LogP contribution in [0.5, 0.6) is 0 Å². The number of benzene rings is 1. The lowest BCUT2D eigenvalue weighted by Gasteiger charge is -2.24. The highest BCUT2D eigenvalue weighted by Crippen LogP contribution is 2.21. The lowest BCUT2D eigenvalue weighted by Crippen LogP contribution is -2.29. The van der Waals surface area contributed by atoms with Crippen LogP contribution < -0.4 is 5.73 Å². The van der Waals surface area contributed by atoms with Gasteiger partial charge in [-0.05, 0) is 54.0 Å². The normalized spacial score (nSPS) is 11.3. The zero-order chi connectivity index (χ0) is 11.4. The van der Waals surface area contributed by atoms with Gasteiger partial charge in [-0.2, -0.15) is 0 Å². The summed E-state index contributed by atoms with van der Waals surface area (Å²) in [5, 5.41) is 0. The van der Waals surface area contributed by atoms with E-state index < -0.39 is 0 Å². The van der Waals surface area contributed by atoms with Crippen molar-refractivity contribution in [1.29, 1.82) is 0 Å². The molecular weight excluding hydrogens is 252 g/mol. The predicted molar refractivity (Wildman–Crippen MR) is 69.8 cm³/mol. The number of anilines is 1. The zero-order valence-corrected chi connectivity index (χ0v) is 11.2. The Balaban J connectivity index is 2.75. The molecule has 1 aromatic rings. The van der Waals surface area contributed by atoms with Gasteiger partial charge in [-0.1, -0.05) is 13.0 Å². The molecule has 15 heavy (non-hydrogen) atoms. The number of halogens is 1. The average molecular weight is 271 g/mol. The van der Waals surface area contributed by atoms with Crippen molar-refractivity contribution in [2.75, 3.05) is 12.3 Å². The molecule has 0 radical (unpaired) electrons. The van der Waals surface area contributed by atoms with Gasteiger partial charge in [-0.15, -0.1) is 0 Å². The number of nitrogens with zero attached hydrogens (tertiary/aromatic N) is 1. The number of hydrogen-bond acceptors (Lipinski definition) is 2. The molecule has 2 nitrogen and oxygen atoms in total. The molecule has 0 heterocycles. The third-order valence-corrected chi connectivity index (χ3v) is 3.30. The Bertz CT molecular complexity index is 323. The van der Waals surface area contributed by atoms with E-state index >= 15 is 0 Å². The Morgan fingerprint density at radius 3 is 2.53 bits per heavy atom. The largest absolute Gasteiger partial charge is 0.398 e. The van der Waals surface area contributed by atoms with E-state index in [1.54, 1.807) is 0 Å². The van der Waals surface area contributed by atoms with Gasteiger partial charge in [-0.3, -0.25) is 4.90 Å². The van der Waals surface area contributed by atoms with Crippen molar-refractivity contribution >= 4 is 21.6 Å². The first-order valence-corrected chi connectivity index (χ1v) is 6.11. The predicted octanol–water partition coefficient (Wildman–Crippen LogP) is 3.26. The number of rotatable bonds is 4. The van der Waals surface area contributed by atoms with Gasteiger partial charge in [0.15, 0.2) is 0 Å². The van der Waals surface area contributed by atoms with Crippen molar-refractivity contribution in [1.82, 2.24) is 4.90 Å². The van der Waals surface area contributed by atoms with Crippen molar-refractivity contribution in [2.24, 2.45) is 0 Å². The molecule has 0 fully saturated rings. The molecule has 1 rings (SSSR count). The van der Waals surface area contributed by atoms with E-state index in [1.807, 2.05) is 12.1 Å². The number of nitrogen functional groups attached to an aromatic ring is 1. The maximum absolute atomic E-state index is 5.85. The maximum atomic E-state index is 5.85. The summed E-state index contributed by atoms with van der Waals surface area (Å²) in [4.78, 5) is 2.41. The van der Waals surface area contributed by atoms with E-state index in [2.05, 4.69) is 47.7 Å². The van der Waals surface area contributed by atoms with E-state index in [0.29, 0.717) is 6.04 Å². The second kappa shape index (κ2) is 5.52. The van der Waals surface area contributed by atoms with Crippen LogP contribution in [0.4, 0.5) is 5.69 Å². The third kappa shape index (κ3) is 3.50. The SMILES string of the molecule is CCN(Cc1ccc(Br)c(N)c1)C(C)C. The molecule has 2 N–H and O–H groups in total. The molecule has 0 saturated heterocycles. The van der Waals surface area contributed by atoms with Crippen LogP contribution in [-0.4, -0.2) is 17.5 Å². The van der Waals surface area contributed by atoms with Gasteiger partial charge in [0, 0.05) is 22.7 Å². The molecule has 0 unspecified atom stereocenters. The molecule has 0 atom stereocenters. The van der Waals surface area contributed by atoms with Crippen molar-refractivity contribution in [3.8, 4) is 0 Å².